The summed E-state index contributed by atoms with van der Waals surface area (Å²) in [6.07, 6.45) is 6.02. The van der Waals surface area contributed by atoms with E-state index in [1.54, 1.807) is 0 Å². The minimum absolute atomic E-state index is 0.0122. The molecular formula is C17H28N2O3. The van der Waals surface area contributed by atoms with Gasteiger partial charge in [-0.15, -0.1) is 0 Å². The van der Waals surface area contributed by atoms with Crippen LogP contribution in [0.3, 0.4) is 0 Å². The molecule has 2 amide bonds. The molecule has 2 heterocycles. The van der Waals surface area contributed by atoms with E-state index in [2.05, 4.69) is 36.1 Å². The summed E-state index contributed by atoms with van der Waals surface area (Å²) in [7, 11) is 1.32. The number of hydrogen-bond donors (Lipinski definition) is 1. The van der Waals surface area contributed by atoms with Crippen LogP contribution in [0.2, 0.25) is 0 Å². The Kier molecular flexibility index (Phi) is 5.14. The molecule has 2 aliphatic heterocycles. The number of rotatable bonds is 4. The van der Waals surface area contributed by atoms with Crippen molar-refractivity contribution < 1.29 is 14.3 Å². The molecule has 0 aromatic heterocycles. The minimum Gasteiger partial charge on any atom is -0.453 e. The molecule has 22 heavy (non-hydrogen) atoms. The van der Waals surface area contributed by atoms with Gasteiger partial charge in [0.15, 0.2) is 0 Å². The quantitative estimate of drug-likeness (QED) is 0.812. The lowest BCUT2D eigenvalue weighted by Gasteiger charge is -2.51. The summed E-state index contributed by atoms with van der Waals surface area (Å²) < 4.78 is 4.67. The van der Waals surface area contributed by atoms with E-state index in [-0.39, 0.29) is 23.9 Å². The number of piperidine rings is 1. The highest BCUT2D eigenvalue weighted by Gasteiger charge is 2.45. The van der Waals surface area contributed by atoms with Crippen LogP contribution in [0.25, 0.3) is 0 Å². The third-order valence-electron chi connectivity index (χ3n) is 4.82. The first kappa shape index (κ1) is 16.8. The molecule has 1 N–H and O–H groups in total. The molecule has 3 aliphatic rings. The van der Waals surface area contributed by atoms with Crippen LogP contribution in [0.1, 0.15) is 40.5 Å². The molecule has 4 atom stereocenters. The summed E-state index contributed by atoms with van der Waals surface area (Å²) in [6.45, 7) is 8.22. The molecule has 3 rings (SSSR count). The molecule has 5 nitrogen and oxygen atoms in total. The zero-order chi connectivity index (χ0) is 16.4. The standard InChI is InChI=1S/C17H28N2O3/c1-10(2)14(18-17(21)22-5)16(20)19-13-8-6-12(7-9-13)15(19)11(3)4/h6,8,10-15H,7,9H2,1-5H3,(H,18,21)/t12?,13?,14-,15+/m0/s1. The second kappa shape index (κ2) is 6.71. The van der Waals surface area contributed by atoms with Gasteiger partial charge in [0, 0.05) is 6.04 Å². The number of hydrogen-bond acceptors (Lipinski definition) is 3. The Bertz CT molecular complexity index is 459. The van der Waals surface area contributed by atoms with Crippen LogP contribution in [0.15, 0.2) is 12.2 Å². The van der Waals surface area contributed by atoms with E-state index in [9.17, 15) is 9.59 Å². The van der Waals surface area contributed by atoms with Gasteiger partial charge in [0.2, 0.25) is 5.91 Å². The molecule has 2 bridgehead atoms. The summed E-state index contributed by atoms with van der Waals surface area (Å²) in [5.74, 6) is 0.856. The van der Waals surface area contributed by atoms with Gasteiger partial charge in [0.05, 0.1) is 13.2 Å². The Labute approximate surface area is 133 Å². The second-order valence-electron chi connectivity index (χ2n) is 7.03. The van der Waals surface area contributed by atoms with Crippen molar-refractivity contribution in [1.82, 2.24) is 10.2 Å². The lowest BCUT2D eigenvalue weighted by atomic mass is 9.75. The summed E-state index contributed by atoms with van der Waals surface area (Å²) in [6, 6.07) is -0.163. The van der Waals surface area contributed by atoms with E-state index in [0.29, 0.717) is 11.8 Å². The number of amides is 2. The van der Waals surface area contributed by atoms with Crippen LogP contribution in [0.4, 0.5) is 4.79 Å². The molecule has 1 aliphatic carbocycles. The van der Waals surface area contributed by atoms with Crippen molar-refractivity contribution in [3.63, 3.8) is 0 Å². The summed E-state index contributed by atoms with van der Waals surface area (Å²) in [4.78, 5) is 26.7. The van der Waals surface area contributed by atoms with Gasteiger partial charge >= 0.3 is 6.09 Å². The third kappa shape index (κ3) is 3.13. The molecule has 1 fully saturated rings. The Morgan fingerprint density at radius 1 is 1.18 bits per heavy atom. The monoisotopic (exact) mass is 308 g/mol. The second-order valence-corrected chi connectivity index (χ2v) is 7.03. The maximum absolute atomic E-state index is 13.1. The zero-order valence-corrected chi connectivity index (χ0v) is 14.2. The lowest BCUT2D eigenvalue weighted by Crippen LogP contribution is -2.62. The SMILES string of the molecule is COC(=O)N[C@H](C(=O)N1C2C=CC(CC2)[C@H]1C(C)C)C(C)C. The summed E-state index contributed by atoms with van der Waals surface area (Å²) in [5, 5.41) is 2.71. The Morgan fingerprint density at radius 2 is 1.86 bits per heavy atom. The number of carbonyl (C=O) groups excluding carboxylic acids is 2. The molecule has 2 unspecified atom stereocenters. The fraction of sp³-hybridized carbons (Fsp3) is 0.765. The molecule has 0 saturated carbocycles. The molecular weight excluding hydrogens is 280 g/mol. The van der Waals surface area contributed by atoms with Gasteiger partial charge < -0.3 is 15.0 Å². The Hall–Kier alpha value is -1.52. The molecule has 5 heteroatoms. The van der Waals surface area contributed by atoms with Gasteiger partial charge in [-0.25, -0.2) is 4.79 Å². The fourth-order valence-electron chi connectivity index (χ4n) is 3.76. The Balaban J connectivity index is 2.24. The van der Waals surface area contributed by atoms with Gasteiger partial charge in [-0.3, -0.25) is 4.79 Å². The average Bonchev–Trinajstić information content (AvgIpc) is 2.51. The van der Waals surface area contributed by atoms with Crippen LogP contribution in [-0.2, 0) is 9.53 Å². The van der Waals surface area contributed by atoms with Gasteiger partial charge in [0.25, 0.3) is 0 Å². The zero-order valence-electron chi connectivity index (χ0n) is 14.2. The summed E-state index contributed by atoms with van der Waals surface area (Å²) >= 11 is 0. The highest BCUT2D eigenvalue weighted by atomic mass is 16.5. The average molecular weight is 308 g/mol. The first-order chi connectivity index (χ1) is 10.4. The fourth-order valence-corrected chi connectivity index (χ4v) is 3.76. The molecule has 0 radical (unpaired) electrons. The minimum atomic E-state index is -0.550. The van der Waals surface area contributed by atoms with Crippen molar-refractivity contribution in [2.75, 3.05) is 7.11 Å². The van der Waals surface area contributed by atoms with E-state index >= 15 is 0 Å². The highest BCUT2D eigenvalue weighted by molar-refractivity contribution is 5.87. The van der Waals surface area contributed by atoms with Gasteiger partial charge in [-0.2, -0.15) is 0 Å². The van der Waals surface area contributed by atoms with Crippen LogP contribution in [-0.4, -0.2) is 42.1 Å². The van der Waals surface area contributed by atoms with E-state index in [1.807, 2.05) is 18.7 Å². The van der Waals surface area contributed by atoms with E-state index in [0.717, 1.165) is 12.8 Å². The van der Waals surface area contributed by atoms with E-state index < -0.39 is 12.1 Å². The van der Waals surface area contributed by atoms with Crippen LogP contribution in [0, 0.1) is 17.8 Å². The van der Waals surface area contributed by atoms with Crippen molar-refractivity contribution in [3.05, 3.63) is 12.2 Å². The highest BCUT2D eigenvalue weighted by Crippen LogP contribution is 2.38. The largest absolute Gasteiger partial charge is 0.453 e. The maximum atomic E-state index is 13.1. The number of alkyl carbamates (subject to hydrolysis) is 1. The van der Waals surface area contributed by atoms with Gasteiger partial charge in [-0.05, 0) is 30.6 Å². The first-order valence-corrected chi connectivity index (χ1v) is 8.21. The third-order valence-corrected chi connectivity index (χ3v) is 4.82. The van der Waals surface area contributed by atoms with Crippen molar-refractivity contribution in [2.24, 2.45) is 17.8 Å². The van der Waals surface area contributed by atoms with Gasteiger partial charge in [-0.1, -0.05) is 39.8 Å². The lowest BCUT2D eigenvalue weighted by molar-refractivity contribution is -0.144. The molecule has 0 spiro atoms. The maximum Gasteiger partial charge on any atom is 0.407 e. The number of fused-ring (bicyclic) bond motifs is 2. The number of ether oxygens (including phenoxy) is 1. The van der Waals surface area contributed by atoms with E-state index in [4.69, 9.17) is 0 Å². The Morgan fingerprint density at radius 3 is 2.32 bits per heavy atom. The number of nitrogens with zero attached hydrogens (tertiary/aromatic N) is 1. The molecule has 124 valence electrons. The summed E-state index contributed by atoms with van der Waals surface area (Å²) in [5.41, 5.74) is 0. The molecule has 0 aromatic carbocycles. The van der Waals surface area contributed by atoms with Crippen LogP contribution < -0.4 is 5.32 Å². The number of carbonyl (C=O) groups is 2. The topological polar surface area (TPSA) is 58.6 Å². The number of methoxy groups -OCH3 is 1. The first-order valence-electron chi connectivity index (χ1n) is 8.21. The van der Waals surface area contributed by atoms with Crippen LogP contribution in [0.5, 0.6) is 0 Å². The van der Waals surface area contributed by atoms with E-state index in [1.165, 1.54) is 7.11 Å². The van der Waals surface area contributed by atoms with Crippen LogP contribution >= 0.6 is 0 Å². The normalized spacial score (nSPS) is 28.1. The number of nitrogens with one attached hydrogen (secondary N) is 1. The predicted octanol–water partition coefficient (Wildman–Crippen LogP) is 2.57. The van der Waals surface area contributed by atoms with Crippen molar-refractivity contribution in [3.8, 4) is 0 Å². The smallest absolute Gasteiger partial charge is 0.407 e. The van der Waals surface area contributed by atoms with Gasteiger partial charge in [0.1, 0.15) is 6.04 Å². The van der Waals surface area contributed by atoms with Crippen molar-refractivity contribution in [2.45, 2.75) is 58.7 Å². The van der Waals surface area contributed by atoms with Crippen molar-refractivity contribution in [1.29, 1.82) is 0 Å². The predicted molar refractivity (Wildman–Crippen MR) is 85.3 cm³/mol. The molecule has 1 saturated heterocycles. The molecule has 0 aromatic rings. The van der Waals surface area contributed by atoms with Crippen molar-refractivity contribution >= 4 is 12.0 Å².